The van der Waals surface area contributed by atoms with Crippen LogP contribution in [0.2, 0.25) is 0 Å². The summed E-state index contributed by atoms with van der Waals surface area (Å²) in [6, 6.07) is 0. The molecule has 1 N–H and O–H groups in total. The average Bonchev–Trinajstić information content (AvgIpc) is 2.71. The number of ether oxygens (including phenoxy) is 1. The number of hydrogen-bond donors (Lipinski definition) is 1. The van der Waals surface area contributed by atoms with E-state index in [4.69, 9.17) is 4.74 Å². The molecule has 1 fully saturated rings. The van der Waals surface area contributed by atoms with E-state index in [2.05, 4.69) is 12.0 Å². The van der Waals surface area contributed by atoms with Gasteiger partial charge in [0.15, 0.2) is 0 Å². The fraction of sp³-hybridized carbons (Fsp3) is 0.800. The molecule has 0 aromatic carbocycles. The number of hydrogen-bond acceptors (Lipinski definition) is 3. The van der Waals surface area contributed by atoms with Crippen LogP contribution in [-0.2, 0) is 7.05 Å². The largest absolute Gasteiger partial charge is 0.481 e. The van der Waals surface area contributed by atoms with Crippen LogP contribution in [0.1, 0.15) is 56.4 Å². The minimum Gasteiger partial charge on any atom is -0.481 e. The lowest BCUT2D eigenvalue weighted by Crippen LogP contribution is -2.22. The molecular weight excluding hydrogens is 240 g/mol. The van der Waals surface area contributed by atoms with E-state index in [1.165, 1.54) is 19.3 Å². The van der Waals surface area contributed by atoms with Crippen molar-refractivity contribution in [1.82, 2.24) is 9.78 Å². The monoisotopic (exact) mass is 266 g/mol. The molecule has 0 radical (unpaired) electrons. The zero-order chi connectivity index (χ0) is 14.0. The fourth-order valence-corrected chi connectivity index (χ4v) is 3.46. The Morgan fingerprint density at radius 2 is 2.21 bits per heavy atom. The molecule has 0 bridgehead atoms. The van der Waals surface area contributed by atoms with Gasteiger partial charge in [-0.15, -0.1) is 0 Å². The van der Waals surface area contributed by atoms with Crippen molar-refractivity contribution in [2.45, 2.75) is 52.1 Å². The highest BCUT2D eigenvalue weighted by Gasteiger charge is 2.32. The van der Waals surface area contributed by atoms with Gasteiger partial charge in [-0.2, -0.15) is 5.10 Å². The van der Waals surface area contributed by atoms with Crippen molar-refractivity contribution in [3.05, 3.63) is 11.3 Å². The average molecular weight is 266 g/mol. The molecule has 0 spiro atoms. The highest BCUT2D eigenvalue weighted by molar-refractivity contribution is 5.33. The van der Waals surface area contributed by atoms with Gasteiger partial charge in [0.1, 0.15) is 0 Å². The first-order valence-corrected chi connectivity index (χ1v) is 7.34. The maximum absolute atomic E-state index is 10.7. The molecule has 3 atom stereocenters. The van der Waals surface area contributed by atoms with Crippen molar-refractivity contribution < 1.29 is 9.84 Å². The van der Waals surface area contributed by atoms with Gasteiger partial charge in [-0.3, -0.25) is 0 Å². The van der Waals surface area contributed by atoms with E-state index in [1.807, 2.05) is 14.0 Å². The molecule has 19 heavy (non-hydrogen) atoms. The number of rotatable bonds is 4. The predicted molar refractivity (Wildman–Crippen MR) is 75.2 cm³/mol. The van der Waals surface area contributed by atoms with Gasteiger partial charge < -0.3 is 9.84 Å². The number of methoxy groups -OCH3 is 1. The van der Waals surface area contributed by atoms with Gasteiger partial charge in [0.25, 0.3) is 0 Å². The molecule has 1 aromatic heterocycles. The Hall–Kier alpha value is -1.03. The number of nitrogens with zero attached hydrogens (tertiary/aromatic N) is 2. The summed E-state index contributed by atoms with van der Waals surface area (Å²) in [6.45, 7) is 4.19. The van der Waals surface area contributed by atoms with E-state index in [-0.39, 0.29) is 0 Å². The molecular formula is C15H26N2O2. The second-order valence-electron chi connectivity index (χ2n) is 5.78. The lowest BCUT2D eigenvalue weighted by molar-refractivity contribution is 0.0651. The maximum atomic E-state index is 10.7. The predicted octanol–water partition coefficient (Wildman–Crippen LogP) is 2.99. The van der Waals surface area contributed by atoms with Crippen LogP contribution in [0.15, 0.2) is 0 Å². The SMILES string of the molecule is CCC1CCCC(C(O)c2c(C)nn(C)c2OC)C1. The summed E-state index contributed by atoms with van der Waals surface area (Å²) in [4.78, 5) is 0. The Labute approximate surface area is 115 Å². The van der Waals surface area contributed by atoms with Crippen molar-refractivity contribution in [1.29, 1.82) is 0 Å². The molecule has 0 aliphatic heterocycles. The van der Waals surface area contributed by atoms with Gasteiger partial charge in [0.05, 0.1) is 24.5 Å². The van der Waals surface area contributed by atoms with Crippen LogP contribution in [0.3, 0.4) is 0 Å². The minimum absolute atomic E-state index is 0.343. The van der Waals surface area contributed by atoms with Crippen LogP contribution in [0.25, 0.3) is 0 Å². The topological polar surface area (TPSA) is 47.3 Å². The third-order valence-electron chi connectivity index (χ3n) is 4.55. The molecule has 1 aliphatic rings. The lowest BCUT2D eigenvalue weighted by Gasteiger charge is -2.31. The molecule has 0 saturated heterocycles. The number of aryl methyl sites for hydroxylation is 2. The highest BCUT2D eigenvalue weighted by atomic mass is 16.5. The molecule has 0 amide bonds. The van der Waals surface area contributed by atoms with Gasteiger partial charge in [0.2, 0.25) is 5.88 Å². The van der Waals surface area contributed by atoms with Crippen molar-refractivity contribution in [2.24, 2.45) is 18.9 Å². The molecule has 3 unspecified atom stereocenters. The van der Waals surface area contributed by atoms with Gasteiger partial charge in [-0.05, 0) is 31.6 Å². The van der Waals surface area contributed by atoms with E-state index < -0.39 is 6.10 Å². The highest BCUT2D eigenvalue weighted by Crippen LogP contribution is 2.41. The molecule has 4 heteroatoms. The molecule has 2 rings (SSSR count). The molecule has 1 aliphatic carbocycles. The van der Waals surface area contributed by atoms with Crippen LogP contribution in [0.4, 0.5) is 0 Å². The number of aliphatic hydroxyl groups is 1. The quantitative estimate of drug-likeness (QED) is 0.911. The van der Waals surface area contributed by atoms with Crippen LogP contribution >= 0.6 is 0 Å². The number of aromatic nitrogens is 2. The zero-order valence-corrected chi connectivity index (χ0v) is 12.5. The smallest absolute Gasteiger partial charge is 0.217 e. The number of aliphatic hydroxyl groups excluding tert-OH is 1. The molecule has 1 saturated carbocycles. The van der Waals surface area contributed by atoms with Gasteiger partial charge >= 0.3 is 0 Å². The molecule has 1 aromatic rings. The first-order valence-electron chi connectivity index (χ1n) is 7.34. The van der Waals surface area contributed by atoms with E-state index in [0.717, 1.165) is 30.0 Å². The van der Waals surface area contributed by atoms with Gasteiger partial charge in [0, 0.05) is 7.05 Å². The van der Waals surface area contributed by atoms with Crippen molar-refractivity contribution >= 4 is 0 Å². The molecule has 4 nitrogen and oxygen atoms in total. The van der Waals surface area contributed by atoms with Crippen LogP contribution in [0, 0.1) is 18.8 Å². The van der Waals surface area contributed by atoms with E-state index in [1.54, 1.807) is 11.8 Å². The van der Waals surface area contributed by atoms with Crippen molar-refractivity contribution in [3.63, 3.8) is 0 Å². The Balaban J connectivity index is 2.21. The minimum atomic E-state index is -0.446. The maximum Gasteiger partial charge on any atom is 0.217 e. The second kappa shape index (κ2) is 5.95. The van der Waals surface area contributed by atoms with Gasteiger partial charge in [-0.1, -0.05) is 26.2 Å². The van der Waals surface area contributed by atoms with Crippen molar-refractivity contribution in [2.75, 3.05) is 7.11 Å². The molecule has 108 valence electrons. The summed E-state index contributed by atoms with van der Waals surface area (Å²) in [5, 5.41) is 15.1. The van der Waals surface area contributed by atoms with Gasteiger partial charge in [-0.25, -0.2) is 4.68 Å². The standard InChI is InChI=1S/C15H26N2O2/c1-5-11-7-6-8-12(9-11)14(18)13-10(2)16-17(3)15(13)19-4/h11-12,14,18H,5-9H2,1-4H3. The fourth-order valence-electron chi connectivity index (χ4n) is 3.46. The Kier molecular flexibility index (Phi) is 4.50. The third-order valence-corrected chi connectivity index (χ3v) is 4.55. The first kappa shape index (κ1) is 14.4. The summed E-state index contributed by atoms with van der Waals surface area (Å²) in [6.07, 6.45) is 5.53. The third kappa shape index (κ3) is 2.78. The summed E-state index contributed by atoms with van der Waals surface area (Å²) in [5.41, 5.74) is 1.76. The molecule has 1 heterocycles. The zero-order valence-electron chi connectivity index (χ0n) is 12.5. The Morgan fingerprint density at radius 1 is 1.47 bits per heavy atom. The normalized spacial score (nSPS) is 25.3. The van der Waals surface area contributed by atoms with E-state index in [0.29, 0.717) is 11.8 Å². The lowest BCUT2D eigenvalue weighted by atomic mass is 9.76. The van der Waals surface area contributed by atoms with E-state index >= 15 is 0 Å². The first-order chi connectivity index (χ1) is 9.08. The van der Waals surface area contributed by atoms with Crippen LogP contribution in [0.5, 0.6) is 5.88 Å². The summed E-state index contributed by atoms with van der Waals surface area (Å²) < 4.78 is 7.12. The van der Waals surface area contributed by atoms with Crippen molar-refractivity contribution in [3.8, 4) is 5.88 Å². The van der Waals surface area contributed by atoms with E-state index in [9.17, 15) is 5.11 Å². The summed E-state index contributed by atoms with van der Waals surface area (Å²) in [5.74, 6) is 1.80. The second-order valence-corrected chi connectivity index (χ2v) is 5.78. The summed E-state index contributed by atoms with van der Waals surface area (Å²) in [7, 11) is 3.50. The summed E-state index contributed by atoms with van der Waals surface area (Å²) >= 11 is 0. The Bertz CT molecular complexity index is 428. The Morgan fingerprint density at radius 3 is 2.84 bits per heavy atom. The van der Waals surface area contributed by atoms with Crippen LogP contribution < -0.4 is 4.74 Å². The van der Waals surface area contributed by atoms with Crippen LogP contribution in [-0.4, -0.2) is 22.0 Å².